The largest absolute Gasteiger partial charge is 0.496 e. The van der Waals surface area contributed by atoms with E-state index in [1.165, 1.54) is 0 Å². The Balaban J connectivity index is 2.26. The molecule has 6 heteroatoms. The minimum absolute atomic E-state index is 0.0471. The van der Waals surface area contributed by atoms with Gasteiger partial charge in [0.2, 0.25) is 17.5 Å². The monoisotopic (exact) mass is 342 g/mol. The van der Waals surface area contributed by atoms with Crippen LogP contribution in [0, 0.1) is 11.3 Å². The standard InChI is InChI=1S/C19H26N4O2/c1-19(2,3)18-22-14(11-20)17(25-18)21-12-15(23(4)5)13-9-7-8-10-16(13)24-6/h7-10,15,21H,12H2,1-6H3/t15-/m0/s1. The molecule has 2 aromatic rings. The number of hydrogen-bond acceptors (Lipinski definition) is 6. The zero-order valence-electron chi connectivity index (χ0n) is 15.8. The van der Waals surface area contributed by atoms with E-state index in [1.54, 1.807) is 7.11 Å². The number of nitrogens with zero attached hydrogens (tertiary/aromatic N) is 3. The van der Waals surface area contributed by atoms with Crippen LogP contribution in [0.5, 0.6) is 5.75 Å². The van der Waals surface area contributed by atoms with Gasteiger partial charge in [0, 0.05) is 17.5 Å². The molecule has 1 atom stereocenters. The third-order valence-corrected chi connectivity index (χ3v) is 3.95. The summed E-state index contributed by atoms with van der Waals surface area (Å²) in [5.74, 6) is 1.79. The number of aromatic nitrogens is 1. The number of ether oxygens (including phenoxy) is 1. The Morgan fingerprint density at radius 3 is 2.56 bits per heavy atom. The Morgan fingerprint density at radius 2 is 2.00 bits per heavy atom. The normalized spacial score (nSPS) is 12.7. The van der Waals surface area contributed by atoms with Crippen molar-refractivity contribution in [3.63, 3.8) is 0 Å². The second-order valence-corrected chi connectivity index (χ2v) is 7.16. The Bertz CT molecular complexity index is 754. The Hall–Kier alpha value is -2.52. The summed E-state index contributed by atoms with van der Waals surface area (Å²) in [6.45, 7) is 6.56. The SMILES string of the molecule is COc1ccccc1[C@H](CNc1oc(C(C)(C)C)nc1C#N)N(C)C. The molecule has 0 bridgehead atoms. The molecule has 25 heavy (non-hydrogen) atoms. The van der Waals surface area contributed by atoms with Crippen LogP contribution in [0.1, 0.15) is 44.0 Å². The second kappa shape index (κ2) is 7.58. The van der Waals surface area contributed by atoms with Crippen molar-refractivity contribution in [1.29, 1.82) is 5.26 Å². The summed E-state index contributed by atoms with van der Waals surface area (Å²) in [6, 6.07) is 10.1. The average molecular weight is 342 g/mol. The molecule has 0 aliphatic carbocycles. The van der Waals surface area contributed by atoms with Crippen molar-refractivity contribution in [3.8, 4) is 11.8 Å². The quantitative estimate of drug-likeness (QED) is 0.865. The lowest BCUT2D eigenvalue weighted by molar-refractivity contribution is 0.298. The van der Waals surface area contributed by atoms with Gasteiger partial charge in [0.05, 0.1) is 13.2 Å². The number of anilines is 1. The maximum absolute atomic E-state index is 9.33. The zero-order chi connectivity index (χ0) is 18.6. The molecule has 0 unspecified atom stereocenters. The number of nitriles is 1. The minimum atomic E-state index is -0.255. The number of rotatable bonds is 6. The number of para-hydroxylation sites is 1. The minimum Gasteiger partial charge on any atom is -0.496 e. The lowest BCUT2D eigenvalue weighted by atomic mass is 9.97. The van der Waals surface area contributed by atoms with Crippen molar-refractivity contribution in [2.24, 2.45) is 0 Å². The molecular formula is C19H26N4O2. The van der Waals surface area contributed by atoms with Crippen molar-refractivity contribution in [2.45, 2.75) is 32.2 Å². The molecule has 0 spiro atoms. The smallest absolute Gasteiger partial charge is 0.232 e. The highest BCUT2D eigenvalue weighted by molar-refractivity contribution is 5.46. The zero-order valence-corrected chi connectivity index (χ0v) is 15.8. The van der Waals surface area contributed by atoms with Gasteiger partial charge in [-0.15, -0.1) is 0 Å². The maximum atomic E-state index is 9.33. The molecule has 0 radical (unpaired) electrons. The van der Waals surface area contributed by atoms with E-state index in [2.05, 4.69) is 21.3 Å². The van der Waals surface area contributed by atoms with E-state index in [-0.39, 0.29) is 17.2 Å². The molecule has 1 heterocycles. The molecule has 0 saturated heterocycles. The number of methoxy groups -OCH3 is 1. The van der Waals surface area contributed by atoms with Gasteiger partial charge in [0.1, 0.15) is 11.8 Å². The van der Waals surface area contributed by atoms with Gasteiger partial charge in [-0.05, 0) is 20.2 Å². The van der Waals surface area contributed by atoms with Gasteiger partial charge >= 0.3 is 0 Å². The van der Waals surface area contributed by atoms with Gasteiger partial charge in [-0.2, -0.15) is 10.2 Å². The van der Waals surface area contributed by atoms with Crippen LogP contribution in [0.15, 0.2) is 28.7 Å². The van der Waals surface area contributed by atoms with Crippen LogP contribution < -0.4 is 10.1 Å². The fourth-order valence-corrected chi connectivity index (χ4v) is 2.54. The lowest BCUT2D eigenvalue weighted by Crippen LogP contribution is -2.27. The summed E-state index contributed by atoms with van der Waals surface area (Å²) in [5, 5.41) is 12.6. The fraction of sp³-hybridized carbons (Fsp3) is 0.474. The molecule has 1 aromatic carbocycles. The molecule has 1 N–H and O–H groups in total. The average Bonchev–Trinajstić information content (AvgIpc) is 2.98. The lowest BCUT2D eigenvalue weighted by Gasteiger charge is -2.26. The first kappa shape index (κ1) is 18.8. The van der Waals surface area contributed by atoms with Gasteiger partial charge in [0.25, 0.3) is 0 Å². The topological polar surface area (TPSA) is 74.3 Å². The van der Waals surface area contributed by atoms with Crippen molar-refractivity contribution in [1.82, 2.24) is 9.88 Å². The highest BCUT2D eigenvalue weighted by Crippen LogP contribution is 2.30. The van der Waals surface area contributed by atoms with Gasteiger partial charge in [-0.3, -0.25) is 0 Å². The van der Waals surface area contributed by atoms with E-state index in [0.29, 0.717) is 18.3 Å². The molecule has 0 aliphatic heterocycles. The molecule has 2 rings (SSSR count). The predicted octanol–water partition coefficient (Wildman–Crippen LogP) is 3.57. The number of hydrogen-bond donors (Lipinski definition) is 1. The third kappa shape index (κ3) is 4.31. The summed E-state index contributed by atoms with van der Waals surface area (Å²) in [6.07, 6.45) is 0. The van der Waals surface area contributed by atoms with Gasteiger partial charge < -0.3 is 19.4 Å². The number of benzene rings is 1. The molecule has 0 aliphatic rings. The van der Waals surface area contributed by atoms with Crippen LogP contribution in [-0.2, 0) is 5.41 Å². The van der Waals surface area contributed by atoms with Crippen LogP contribution in [0.2, 0.25) is 0 Å². The first-order chi connectivity index (χ1) is 11.8. The van der Waals surface area contributed by atoms with Crippen LogP contribution in [0.4, 0.5) is 5.88 Å². The van der Waals surface area contributed by atoms with Crippen LogP contribution in [-0.4, -0.2) is 37.6 Å². The first-order valence-corrected chi connectivity index (χ1v) is 8.22. The number of nitrogens with one attached hydrogen (secondary N) is 1. The van der Waals surface area contributed by atoms with Gasteiger partial charge in [-0.1, -0.05) is 39.0 Å². The van der Waals surface area contributed by atoms with Gasteiger partial charge in [0.15, 0.2) is 0 Å². The molecule has 6 nitrogen and oxygen atoms in total. The highest BCUT2D eigenvalue weighted by atomic mass is 16.5. The van der Waals surface area contributed by atoms with E-state index in [0.717, 1.165) is 11.3 Å². The summed E-state index contributed by atoms with van der Waals surface area (Å²) < 4.78 is 11.3. The Morgan fingerprint density at radius 1 is 1.32 bits per heavy atom. The van der Waals surface area contributed by atoms with Crippen molar-refractivity contribution >= 4 is 5.88 Å². The molecule has 0 amide bonds. The second-order valence-electron chi connectivity index (χ2n) is 7.16. The summed E-state index contributed by atoms with van der Waals surface area (Å²) in [4.78, 5) is 6.40. The molecule has 0 saturated carbocycles. The summed E-state index contributed by atoms with van der Waals surface area (Å²) >= 11 is 0. The maximum Gasteiger partial charge on any atom is 0.232 e. The summed E-state index contributed by atoms with van der Waals surface area (Å²) in [7, 11) is 5.68. The Labute approximate surface area is 149 Å². The van der Waals surface area contributed by atoms with Crippen LogP contribution in [0.3, 0.4) is 0 Å². The van der Waals surface area contributed by atoms with E-state index in [9.17, 15) is 5.26 Å². The fourth-order valence-electron chi connectivity index (χ4n) is 2.54. The molecular weight excluding hydrogens is 316 g/mol. The van der Waals surface area contributed by atoms with E-state index < -0.39 is 0 Å². The predicted molar refractivity (Wildman–Crippen MR) is 97.8 cm³/mol. The van der Waals surface area contributed by atoms with Crippen LogP contribution in [0.25, 0.3) is 0 Å². The van der Waals surface area contributed by atoms with Crippen molar-refractivity contribution in [3.05, 3.63) is 41.4 Å². The van der Waals surface area contributed by atoms with Crippen molar-refractivity contribution in [2.75, 3.05) is 33.1 Å². The molecule has 1 aromatic heterocycles. The molecule has 134 valence electrons. The molecule has 0 fully saturated rings. The third-order valence-electron chi connectivity index (χ3n) is 3.95. The van der Waals surface area contributed by atoms with E-state index in [4.69, 9.17) is 9.15 Å². The van der Waals surface area contributed by atoms with E-state index >= 15 is 0 Å². The Kier molecular flexibility index (Phi) is 5.70. The number of oxazole rings is 1. The van der Waals surface area contributed by atoms with Crippen LogP contribution >= 0.6 is 0 Å². The number of likely N-dealkylation sites (N-methyl/N-ethyl adjacent to an activating group) is 1. The highest BCUT2D eigenvalue weighted by Gasteiger charge is 2.25. The van der Waals surface area contributed by atoms with Crippen molar-refractivity contribution < 1.29 is 9.15 Å². The first-order valence-electron chi connectivity index (χ1n) is 8.22. The summed E-state index contributed by atoms with van der Waals surface area (Å²) in [5.41, 5.74) is 1.09. The van der Waals surface area contributed by atoms with Gasteiger partial charge in [-0.25, -0.2) is 0 Å². The van der Waals surface area contributed by atoms with E-state index in [1.807, 2.05) is 59.1 Å².